The summed E-state index contributed by atoms with van der Waals surface area (Å²) in [4.78, 5) is 0. The van der Waals surface area contributed by atoms with Gasteiger partial charge in [-0.25, -0.2) is 0 Å². The molecule has 0 radical (unpaired) electrons. The van der Waals surface area contributed by atoms with Crippen LogP contribution in [0.15, 0.2) is 0 Å². The molecule has 1 nitrogen and oxygen atoms in total. The van der Waals surface area contributed by atoms with E-state index < -0.39 is 0 Å². The number of nitrogens with two attached hydrogens (primary N) is 1. The van der Waals surface area contributed by atoms with E-state index >= 15 is 0 Å². The van der Waals surface area contributed by atoms with Crippen molar-refractivity contribution in [1.82, 2.24) is 0 Å². The molecule has 2 fully saturated rings. The average molecular weight is 139 g/mol. The van der Waals surface area contributed by atoms with Gasteiger partial charge in [0.2, 0.25) is 0 Å². The lowest BCUT2D eigenvalue weighted by molar-refractivity contribution is 0.223. The van der Waals surface area contributed by atoms with Gasteiger partial charge in [0, 0.05) is 5.54 Å². The highest BCUT2D eigenvalue weighted by Gasteiger charge is 2.56. The Labute approximate surface area is 63.0 Å². The van der Waals surface area contributed by atoms with E-state index in [2.05, 4.69) is 13.8 Å². The zero-order chi connectivity index (χ0) is 7.41. The standard InChI is InChI=1S/C9H17N/c1-8(2,7-3-4-7)9(10)5-6-9/h7H,3-6,10H2,1-2H3. The van der Waals surface area contributed by atoms with Crippen LogP contribution in [0.3, 0.4) is 0 Å². The van der Waals surface area contributed by atoms with Crippen LogP contribution in [0.1, 0.15) is 39.5 Å². The molecule has 10 heavy (non-hydrogen) atoms. The van der Waals surface area contributed by atoms with Crippen molar-refractivity contribution in [2.45, 2.75) is 45.1 Å². The fraction of sp³-hybridized carbons (Fsp3) is 1.00. The molecule has 2 aliphatic rings. The van der Waals surface area contributed by atoms with Gasteiger partial charge >= 0.3 is 0 Å². The Bertz CT molecular complexity index is 152. The van der Waals surface area contributed by atoms with E-state index in [1.807, 2.05) is 0 Å². The summed E-state index contributed by atoms with van der Waals surface area (Å²) in [7, 11) is 0. The lowest BCUT2D eigenvalue weighted by Gasteiger charge is -2.31. The fourth-order valence-electron chi connectivity index (χ4n) is 1.99. The molecule has 0 aromatic carbocycles. The van der Waals surface area contributed by atoms with Gasteiger partial charge in [-0.3, -0.25) is 0 Å². The normalized spacial score (nSPS) is 30.3. The van der Waals surface area contributed by atoms with Crippen LogP contribution in [0.25, 0.3) is 0 Å². The molecule has 2 N–H and O–H groups in total. The van der Waals surface area contributed by atoms with E-state index in [1.165, 1.54) is 25.7 Å². The van der Waals surface area contributed by atoms with E-state index in [-0.39, 0.29) is 5.54 Å². The van der Waals surface area contributed by atoms with Gasteiger partial charge in [-0.1, -0.05) is 13.8 Å². The van der Waals surface area contributed by atoms with Gasteiger partial charge in [0.25, 0.3) is 0 Å². The summed E-state index contributed by atoms with van der Waals surface area (Å²) in [5.41, 5.74) is 6.83. The van der Waals surface area contributed by atoms with Gasteiger partial charge in [-0.2, -0.15) is 0 Å². The third kappa shape index (κ3) is 0.731. The van der Waals surface area contributed by atoms with Gasteiger partial charge in [0.1, 0.15) is 0 Å². The summed E-state index contributed by atoms with van der Waals surface area (Å²) in [6, 6.07) is 0. The first-order valence-electron chi connectivity index (χ1n) is 4.35. The molecular weight excluding hydrogens is 122 g/mol. The molecule has 1 heteroatoms. The molecule has 0 aliphatic heterocycles. The molecule has 0 aromatic heterocycles. The van der Waals surface area contributed by atoms with Crippen LogP contribution in [0.2, 0.25) is 0 Å². The topological polar surface area (TPSA) is 26.0 Å². The van der Waals surface area contributed by atoms with E-state index in [9.17, 15) is 0 Å². The second kappa shape index (κ2) is 1.58. The minimum atomic E-state index is 0.230. The minimum Gasteiger partial charge on any atom is -0.325 e. The molecule has 0 bridgehead atoms. The second-order valence-electron chi connectivity index (χ2n) is 4.65. The summed E-state index contributed by atoms with van der Waals surface area (Å²) in [6.07, 6.45) is 5.37. The van der Waals surface area contributed by atoms with Crippen molar-refractivity contribution in [2.75, 3.05) is 0 Å². The van der Waals surface area contributed by atoms with Crippen molar-refractivity contribution in [3.8, 4) is 0 Å². The maximum atomic E-state index is 6.17. The Morgan fingerprint density at radius 1 is 1.30 bits per heavy atom. The number of hydrogen-bond donors (Lipinski definition) is 1. The summed E-state index contributed by atoms with van der Waals surface area (Å²) in [5, 5.41) is 0. The predicted molar refractivity (Wildman–Crippen MR) is 42.7 cm³/mol. The molecule has 0 spiro atoms. The first-order valence-corrected chi connectivity index (χ1v) is 4.35. The zero-order valence-corrected chi connectivity index (χ0v) is 6.98. The molecule has 0 aromatic rings. The Morgan fingerprint density at radius 3 is 2.10 bits per heavy atom. The summed E-state index contributed by atoms with van der Waals surface area (Å²) >= 11 is 0. The molecule has 0 atom stereocenters. The minimum absolute atomic E-state index is 0.230. The zero-order valence-electron chi connectivity index (χ0n) is 6.98. The SMILES string of the molecule is CC(C)(C1CC1)C1(N)CC1. The van der Waals surface area contributed by atoms with Crippen molar-refractivity contribution in [2.24, 2.45) is 17.1 Å². The van der Waals surface area contributed by atoms with Crippen molar-refractivity contribution in [3.63, 3.8) is 0 Å². The third-order valence-electron chi connectivity index (χ3n) is 3.67. The highest BCUT2D eigenvalue weighted by molar-refractivity contribution is 5.13. The Kier molecular flexibility index (Phi) is 1.05. The second-order valence-corrected chi connectivity index (χ2v) is 4.65. The van der Waals surface area contributed by atoms with E-state index in [0.717, 1.165) is 5.92 Å². The molecule has 0 saturated heterocycles. The predicted octanol–water partition coefficient (Wildman–Crippen LogP) is 1.91. The Morgan fingerprint density at radius 2 is 1.80 bits per heavy atom. The van der Waals surface area contributed by atoms with Crippen LogP contribution in [-0.4, -0.2) is 5.54 Å². The van der Waals surface area contributed by atoms with Crippen LogP contribution in [0.5, 0.6) is 0 Å². The van der Waals surface area contributed by atoms with Crippen molar-refractivity contribution in [3.05, 3.63) is 0 Å². The number of hydrogen-bond acceptors (Lipinski definition) is 1. The van der Waals surface area contributed by atoms with Crippen LogP contribution >= 0.6 is 0 Å². The Balaban J connectivity index is 2.11. The fourth-order valence-corrected chi connectivity index (χ4v) is 1.99. The van der Waals surface area contributed by atoms with Gasteiger partial charge in [-0.05, 0) is 37.0 Å². The lowest BCUT2D eigenvalue weighted by Crippen LogP contribution is -2.41. The van der Waals surface area contributed by atoms with Gasteiger partial charge in [0.05, 0.1) is 0 Å². The quantitative estimate of drug-likeness (QED) is 0.621. The summed E-state index contributed by atoms with van der Waals surface area (Å²) < 4.78 is 0. The van der Waals surface area contributed by atoms with Gasteiger partial charge in [0.15, 0.2) is 0 Å². The first kappa shape index (κ1) is 6.66. The molecule has 2 rings (SSSR count). The third-order valence-corrected chi connectivity index (χ3v) is 3.67. The first-order chi connectivity index (χ1) is 4.56. The maximum Gasteiger partial charge on any atom is 0.0210 e. The lowest BCUT2D eigenvalue weighted by atomic mass is 9.78. The Hall–Kier alpha value is -0.0400. The van der Waals surface area contributed by atoms with Crippen molar-refractivity contribution in [1.29, 1.82) is 0 Å². The maximum absolute atomic E-state index is 6.17. The highest BCUT2D eigenvalue weighted by atomic mass is 14.9. The molecule has 0 amide bonds. The molecule has 58 valence electrons. The largest absolute Gasteiger partial charge is 0.325 e. The molecule has 2 saturated carbocycles. The van der Waals surface area contributed by atoms with E-state index in [0.29, 0.717) is 5.41 Å². The monoisotopic (exact) mass is 139 g/mol. The molecule has 2 aliphatic carbocycles. The van der Waals surface area contributed by atoms with Crippen LogP contribution in [-0.2, 0) is 0 Å². The average Bonchev–Trinajstić information content (AvgIpc) is 2.55. The molecule has 0 heterocycles. The van der Waals surface area contributed by atoms with Crippen LogP contribution in [0.4, 0.5) is 0 Å². The smallest absolute Gasteiger partial charge is 0.0210 e. The summed E-state index contributed by atoms with van der Waals surface area (Å²) in [6.45, 7) is 4.69. The van der Waals surface area contributed by atoms with E-state index in [1.54, 1.807) is 0 Å². The van der Waals surface area contributed by atoms with Crippen molar-refractivity contribution >= 4 is 0 Å². The highest BCUT2D eigenvalue weighted by Crippen LogP contribution is 2.58. The molecule has 0 unspecified atom stereocenters. The summed E-state index contributed by atoms with van der Waals surface area (Å²) in [5.74, 6) is 0.944. The van der Waals surface area contributed by atoms with Gasteiger partial charge < -0.3 is 5.73 Å². The van der Waals surface area contributed by atoms with Gasteiger partial charge in [-0.15, -0.1) is 0 Å². The van der Waals surface area contributed by atoms with E-state index in [4.69, 9.17) is 5.73 Å². The van der Waals surface area contributed by atoms with Crippen LogP contribution in [0, 0.1) is 11.3 Å². The number of rotatable bonds is 2. The van der Waals surface area contributed by atoms with Crippen LogP contribution < -0.4 is 5.73 Å². The van der Waals surface area contributed by atoms with Crippen molar-refractivity contribution < 1.29 is 0 Å². The molecular formula is C9H17N.